The average Bonchev–Trinajstić information content (AvgIpc) is 2.55. The summed E-state index contributed by atoms with van der Waals surface area (Å²) in [6, 6.07) is 6.22. The number of hydrogen-bond acceptors (Lipinski definition) is 4. The molecule has 0 saturated carbocycles. The molecule has 130 valence electrons. The number of methoxy groups -OCH3 is 1. The van der Waals surface area contributed by atoms with Crippen LogP contribution in [0, 0.1) is 5.41 Å². The molecule has 2 unspecified atom stereocenters. The van der Waals surface area contributed by atoms with Crippen LogP contribution in [-0.4, -0.2) is 35.7 Å². The van der Waals surface area contributed by atoms with E-state index in [1.807, 2.05) is 0 Å². The molecule has 0 aliphatic heterocycles. The molecule has 0 saturated heterocycles. The number of aliphatic hydroxyl groups is 1. The molecule has 24 heavy (non-hydrogen) atoms. The van der Waals surface area contributed by atoms with E-state index in [0.29, 0.717) is 5.56 Å². The van der Waals surface area contributed by atoms with Crippen LogP contribution in [0.5, 0.6) is 0 Å². The highest BCUT2D eigenvalue weighted by atomic mass is 19.4. The smallest absolute Gasteiger partial charge is 0.429 e. The number of allylic oxidation sites excluding steroid dienone is 1. The average molecular weight is 342 g/mol. The third kappa shape index (κ3) is 2.34. The van der Waals surface area contributed by atoms with Crippen molar-refractivity contribution >= 4 is 11.8 Å². The number of fused-ring (bicyclic) bond motifs is 1. The van der Waals surface area contributed by atoms with Gasteiger partial charge in [0.05, 0.1) is 12.5 Å². The first kappa shape index (κ1) is 18.2. The molecule has 0 bridgehead atoms. The lowest BCUT2D eigenvalue weighted by molar-refractivity contribution is -0.289. The second kappa shape index (κ2) is 6.05. The zero-order valence-electron chi connectivity index (χ0n) is 13.0. The fourth-order valence-corrected chi connectivity index (χ4v) is 3.34. The van der Waals surface area contributed by atoms with Gasteiger partial charge in [-0.3, -0.25) is 4.79 Å². The van der Waals surface area contributed by atoms with Gasteiger partial charge >= 0.3 is 12.1 Å². The van der Waals surface area contributed by atoms with Crippen molar-refractivity contribution in [3.63, 3.8) is 0 Å². The summed E-state index contributed by atoms with van der Waals surface area (Å²) >= 11 is 0. The van der Waals surface area contributed by atoms with Gasteiger partial charge in [0, 0.05) is 5.56 Å². The number of halogens is 3. The Kier molecular flexibility index (Phi) is 4.59. The number of rotatable bonds is 4. The highest BCUT2D eigenvalue weighted by molar-refractivity contribution is 6.07. The van der Waals surface area contributed by atoms with Crippen LogP contribution in [0.25, 0.3) is 0 Å². The van der Waals surface area contributed by atoms with E-state index >= 15 is 0 Å². The number of alkyl halides is 3. The summed E-state index contributed by atoms with van der Waals surface area (Å²) in [7, 11) is 0.738. The number of esters is 1. The Bertz CT molecular complexity index is 683. The first-order valence-electron chi connectivity index (χ1n) is 7.27. The van der Waals surface area contributed by atoms with Crippen LogP contribution < -0.4 is 0 Å². The molecule has 7 heteroatoms. The number of carbonyl (C=O) groups is 2. The van der Waals surface area contributed by atoms with E-state index in [1.54, 1.807) is 12.1 Å². The predicted molar refractivity (Wildman–Crippen MR) is 79.4 cm³/mol. The molecule has 4 nitrogen and oxygen atoms in total. The number of aryl methyl sites for hydroxylation is 1. The Morgan fingerprint density at radius 1 is 1.42 bits per heavy atom. The second-order valence-corrected chi connectivity index (χ2v) is 5.76. The minimum Gasteiger partial charge on any atom is -0.467 e. The molecule has 1 aliphatic rings. The van der Waals surface area contributed by atoms with Crippen LogP contribution in [0.4, 0.5) is 13.2 Å². The quantitative estimate of drug-likeness (QED) is 0.675. The summed E-state index contributed by atoms with van der Waals surface area (Å²) in [4.78, 5) is 24.9. The first-order valence-corrected chi connectivity index (χ1v) is 7.27. The largest absolute Gasteiger partial charge is 0.467 e. The third-order valence-corrected chi connectivity index (χ3v) is 4.59. The van der Waals surface area contributed by atoms with E-state index < -0.39 is 35.4 Å². The van der Waals surface area contributed by atoms with Crippen molar-refractivity contribution in [2.75, 3.05) is 7.11 Å². The molecular formula is C17H17F3O4. The van der Waals surface area contributed by atoms with Gasteiger partial charge in [-0.25, -0.2) is 4.79 Å². The van der Waals surface area contributed by atoms with Gasteiger partial charge in [-0.2, -0.15) is 13.2 Å². The van der Waals surface area contributed by atoms with Crippen LogP contribution in [0.1, 0.15) is 28.8 Å². The standard InChI is InChI=1S/C17H17F3O4/c1-3-9-15(16(23,14(22)24-2)17(18,19)20)10-8-11-6-4-5-7-12(11)13(15)21/h3-7,23H,1,8-10H2,2H3. The lowest BCUT2D eigenvalue weighted by atomic mass is 9.59. The molecule has 2 atom stereocenters. The maximum atomic E-state index is 13.7. The number of ketones is 1. The lowest BCUT2D eigenvalue weighted by Crippen LogP contribution is -2.67. The van der Waals surface area contributed by atoms with Gasteiger partial charge in [0.25, 0.3) is 5.60 Å². The number of carbonyl (C=O) groups excluding carboxylic acids is 2. The fraction of sp³-hybridized carbons (Fsp3) is 0.412. The van der Waals surface area contributed by atoms with Gasteiger partial charge in [-0.1, -0.05) is 30.3 Å². The molecule has 1 N–H and O–H groups in total. The summed E-state index contributed by atoms with van der Waals surface area (Å²) in [5.74, 6) is -2.83. The summed E-state index contributed by atoms with van der Waals surface area (Å²) < 4.78 is 45.3. The third-order valence-electron chi connectivity index (χ3n) is 4.59. The molecule has 0 aromatic heterocycles. The molecule has 0 heterocycles. The summed E-state index contributed by atoms with van der Waals surface area (Å²) in [6.45, 7) is 3.39. The number of ether oxygens (including phenoxy) is 1. The molecule has 0 fully saturated rings. The minimum atomic E-state index is -5.38. The highest BCUT2D eigenvalue weighted by Crippen LogP contribution is 2.53. The van der Waals surface area contributed by atoms with E-state index in [4.69, 9.17) is 0 Å². The van der Waals surface area contributed by atoms with Gasteiger partial charge < -0.3 is 9.84 Å². The molecule has 1 aromatic carbocycles. The predicted octanol–water partition coefficient (Wildman–Crippen LogP) is 2.84. The molecule has 0 amide bonds. The van der Waals surface area contributed by atoms with Gasteiger partial charge in [0.2, 0.25) is 0 Å². The Balaban J connectivity index is 2.74. The summed E-state index contributed by atoms with van der Waals surface area (Å²) in [6.07, 6.45) is -5.02. The van der Waals surface area contributed by atoms with Gasteiger partial charge in [-0.05, 0) is 24.8 Å². The van der Waals surface area contributed by atoms with E-state index in [-0.39, 0.29) is 18.4 Å². The van der Waals surface area contributed by atoms with Gasteiger partial charge in [0.1, 0.15) is 0 Å². The van der Waals surface area contributed by atoms with Crippen LogP contribution >= 0.6 is 0 Å². The Morgan fingerprint density at radius 2 is 2.04 bits per heavy atom. The summed E-state index contributed by atoms with van der Waals surface area (Å²) in [5, 5.41) is 10.5. The SMILES string of the molecule is C=CCC1(C(O)(C(=O)OC)C(F)(F)F)CCc2ccccc2C1=O. The molecule has 1 aliphatic carbocycles. The van der Waals surface area contributed by atoms with Crippen LogP contribution in [0.2, 0.25) is 0 Å². The summed E-state index contributed by atoms with van der Waals surface area (Å²) in [5.41, 5.74) is -5.71. The number of hydrogen-bond donors (Lipinski definition) is 1. The van der Waals surface area contributed by atoms with Crippen molar-refractivity contribution < 1.29 is 32.6 Å². The van der Waals surface area contributed by atoms with Gasteiger partial charge in [-0.15, -0.1) is 6.58 Å². The van der Waals surface area contributed by atoms with Crippen molar-refractivity contribution in [1.29, 1.82) is 0 Å². The monoisotopic (exact) mass is 342 g/mol. The molecular weight excluding hydrogens is 325 g/mol. The maximum Gasteiger partial charge on any atom is 0.429 e. The fourth-order valence-electron chi connectivity index (χ4n) is 3.34. The normalized spacial score (nSPS) is 23.1. The number of benzene rings is 1. The van der Waals surface area contributed by atoms with E-state index in [1.165, 1.54) is 12.1 Å². The van der Waals surface area contributed by atoms with Crippen molar-refractivity contribution in [3.8, 4) is 0 Å². The van der Waals surface area contributed by atoms with Crippen LogP contribution in [0.3, 0.4) is 0 Å². The van der Waals surface area contributed by atoms with Crippen molar-refractivity contribution in [2.45, 2.75) is 31.0 Å². The topological polar surface area (TPSA) is 63.6 Å². The maximum absolute atomic E-state index is 13.7. The second-order valence-electron chi connectivity index (χ2n) is 5.76. The Labute approximate surface area is 136 Å². The van der Waals surface area contributed by atoms with Crippen molar-refractivity contribution in [1.82, 2.24) is 0 Å². The molecule has 0 radical (unpaired) electrons. The van der Waals surface area contributed by atoms with Crippen LogP contribution in [-0.2, 0) is 16.0 Å². The zero-order chi connectivity index (χ0) is 18.2. The Morgan fingerprint density at radius 3 is 2.58 bits per heavy atom. The molecule has 2 rings (SSSR count). The number of Topliss-reactive ketones (excluding diaryl/α,β-unsaturated/α-hetero) is 1. The zero-order valence-corrected chi connectivity index (χ0v) is 13.0. The molecule has 1 aromatic rings. The Hall–Kier alpha value is -2.15. The van der Waals surface area contributed by atoms with E-state index in [0.717, 1.165) is 13.2 Å². The van der Waals surface area contributed by atoms with Crippen LogP contribution in [0.15, 0.2) is 36.9 Å². The highest BCUT2D eigenvalue weighted by Gasteiger charge is 2.74. The first-order chi connectivity index (χ1) is 11.2. The van der Waals surface area contributed by atoms with E-state index in [2.05, 4.69) is 11.3 Å². The lowest BCUT2D eigenvalue weighted by Gasteiger charge is -2.46. The van der Waals surface area contributed by atoms with E-state index in [9.17, 15) is 27.9 Å². The van der Waals surface area contributed by atoms with Gasteiger partial charge in [0.15, 0.2) is 5.78 Å². The van der Waals surface area contributed by atoms with Crippen molar-refractivity contribution in [2.24, 2.45) is 5.41 Å². The minimum absolute atomic E-state index is 0.0668. The van der Waals surface area contributed by atoms with Crippen molar-refractivity contribution in [3.05, 3.63) is 48.0 Å². The molecule has 0 spiro atoms.